The minimum absolute atomic E-state index is 0.0660. The van der Waals surface area contributed by atoms with Gasteiger partial charge >= 0.3 is 0 Å². The lowest BCUT2D eigenvalue weighted by atomic mass is 10.0. The van der Waals surface area contributed by atoms with Crippen LogP contribution >= 0.6 is 15.9 Å². The van der Waals surface area contributed by atoms with Crippen LogP contribution in [-0.2, 0) is 0 Å². The molecule has 1 N–H and O–H groups in total. The SMILES string of the molecule is CC(N[C@@H](C)c1ccc(Br)cc1)c1ccc(F)c(F)c1. The molecule has 20 heavy (non-hydrogen) atoms. The quantitative estimate of drug-likeness (QED) is 0.813. The monoisotopic (exact) mass is 339 g/mol. The zero-order chi connectivity index (χ0) is 14.7. The molecule has 1 unspecified atom stereocenters. The highest BCUT2D eigenvalue weighted by Gasteiger charge is 2.13. The van der Waals surface area contributed by atoms with E-state index in [1.165, 1.54) is 6.07 Å². The molecule has 0 amide bonds. The predicted molar refractivity (Wildman–Crippen MR) is 80.5 cm³/mol. The molecule has 2 aromatic rings. The van der Waals surface area contributed by atoms with Gasteiger partial charge in [-0.3, -0.25) is 0 Å². The third-order valence-electron chi connectivity index (χ3n) is 3.31. The first-order valence-corrected chi connectivity index (χ1v) is 7.23. The van der Waals surface area contributed by atoms with Crippen molar-refractivity contribution in [1.82, 2.24) is 5.32 Å². The summed E-state index contributed by atoms with van der Waals surface area (Å²) in [7, 11) is 0. The molecule has 0 aliphatic heterocycles. The van der Waals surface area contributed by atoms with Gasteiger partial charge in [0.1, 0.15) is 0 Å². The van der Waals surface area contributed by atoms with Gasteiger partial charge in [0.25, 0.3) is 0 Å². The van der Waals surface area contributed by atoms with Gasteiger partial charge in [0.2, 0.25) is 0 Å². The Morgan fingerprint density at radius 1 is 0.850 bits per heavy atom. The molecule has 2 aromatic carbocycles. The van der Waals surface area contributed by atoms with E-state index in [0.29, 0.717) is 0 Å². The van der Waals surface area contributed by atoms with Gasteiger partial charge in [0, 0.05) is 16.6 Å². The second kappa shape index (κ2) is 6.46. The van der Waals surface area contributed by atoms with Crippen LogP contribution in [-0.4, -0.2) is 0 Å². The normalized spacial score (nSPS) is 14.1. The molecule has 0 saturated carbocycles. The fraction of sp³-hybridized carbons (Fsp3) is 0.250. The summed E-state index contributed by atoms with van der Waals surface area (Å²) in [6.45, 7) is 3.97. The van der Waals surface area contributed by atoms with Crippen LogP contribution in [0.5, 0.6) is 0 Å². The fourth-order valence-corrected chi connectivity index (χ4v) is 2.36. The molecule has 0 radical (unpaired) electrons. The Bertz CT molecular complexity index is 584. The van der Waals surface area contributed by atoms with E-state index in [2.05, 4.69) is 21.2 Å². The second-order valence-corrected chi connectivity index (χ2v) is 5.75. The Balaban J connectivity index is 2.08. The molecule has 0 saturated heterocycles. The molecule has 0 aliphatic rings. The Morgan fingerprint density at radius 2 is 1.40 bits per heavy atom. The predicted octanol–water partition coefficient (Wildman–Crippen LogP) is 5.14. The van der Waals surface area contributed by atoms with Gasteiger partial charge in [-0.05, 0) is 49.2 Å². The highest BCUT2D eigenvalue weighted by Crippen LogP contribution is 2.22. The number of rotatable bonds is 4. The first-order chi connectivity index (χ1) is 9.47. The first kappa shape index (κ1) is 15.1. The van der Waals surface area contributed by atoms with E-state index in [1.54, 1.807) is 6.07 Å². The van der Waals surface area contributed by atoms with E-state index >= 15 is 0 Å². The number of hydrogen-bond donors (Lipinski definition) is 1. The summed E-state index contributed by atoms with van der Waals surface area (Å²) in [6, 6.07) is 12.1. The maximum Gasteiger partial charge on any atom is 0.159 e. The third kappa shape index (κ3) is 3.64. The lowest BCUT2D eigenvalue weighted by molar-refractivity contribution is 0.480. The molecule has 0 fully saturated rings. The third-order valence-corrected chi connectivity index (χ3v) is 3.84. The molecule has 0 heterocycles. The Kier molecular flexibility index (Phi) is 4.89. The zero-order valence-electron chi connectivity index (χ0n) is 11.3. The van der Waals surface area contributed by atoms with Crippen LogP contribution < -0.4 is 5.32 Å². The Hall–Kier alpha value is -1.26. The summed E-state index contributed by atoms with van der Waals surface area (Å²) in [6.07, 6.45) is 0. The van der Waals surface area contributed by atoms with Crippen molar-refractivity contribution in [1.29, 1.82) is 0 Å². The summed E-state index contributed by atoms with van der Waals surface area (Å²) in [5.41, 5.74) is 1.87. The number of benzene rings is 2. The van der Waals surface area contributed by atoms with Crippen LogP contribution in [0, 0.1) is 11.6 Å². The fourth-order valence-electron chi connectivity index (χ4n) is 2.10. The van der Waals surface area contributed by atoms with E-state index < -0.39 is 11.6 Å². The summed E-state index contributed by atoms with van der Waals surface area (Å²) in [5.74, 6) is -1.63. The average Bonchev–Trinajstić information content (AvgIpc) is 2.42. The minimum atomic E-state index is -0.818. The molecular weight excluding hydrogens is 324 g/mol. The van der Waals surface area contributed by atoms with Crippen molar-refractivity contribution in [2.75, 3.05) is 0 Å². The van der Waals surface area contributed by atoms with Gasteiger partial charge in [-0.25, -0.2) is 8.78 Å². The van der Waals surface area contributed by atoms with Crippen LogP contribution in [0.15, 0.2) is 46.9 Å². The van der Waals surface area contributed by atoms with Gasteiger partial charge < -0.3 is 5.32 Å². The first-order valence-electron chi connectivity index (χ1n) is 6.44. The van der Waals surface area contributed by atoms with Gasteiger partial charge in [-0.2, -0.15) is 0 Å². The number of nitrogens with one attached hydrogen (secondary N) is 1. The van der Waals surface area contributed by atoms with Crippen molar-refractivity contribution in [2.24, 2.45) is 0 Å². The van der Waals surface area contributed by atoms with Gasteiger partial charge in [0.05, 0.1) is 0 Å². The number of halogens is 3. The van der Waals surface area contributed by atoms with Crippen LogP contribution in [0.1, 0.15) is 37.1 Å². The van der Waals surface area contributed by atoms with E-state index in [0.717, 1.165) is 21.7 Å². The van der Waals surface area contributed by atoms with E-state index in [-0.39, 0.29) is 12.1 Å². The standard InChI is InChI=1S/C16H16BrF2N/c1-10(12-3-6-14(17)7-4-12)20-11(2)13-5-8-15(18)16(19)9-13/h3-11,20H,1-2H3/t10-,11?/m0/s1. The molecule has 106 valence electrons. The summed E-state index contributed by atoms with van der Waals surface area (Å²) < 4.78 is 27.2. The zero-order valence-corrected chi connectivity index (χ0v) is 12.9. The summed E-state index contributed by atoms with van der Waals surface area (Å²) in [5, 5.41) is 3.37. The second-order valence-electron chi connectivity index (χ2n) is 4.84. The summed E-state index contributed by atoms with van der Waals surface area (Å²) in [4.78, 5) is 0. The Morgan fingerprint density at radius 3 is 2.00 bits per heavy atom. The highest BCUT2D eigenvalue weighted by molar-refractivity contribution is 9.10. The molecule has 2 atom stereocenters. The molecule has 1 nitrogen and oxygen atoms in total. The van der Waals surface area contributed by atoms with Crippen molar-refractivity contribution in [2.45, 2.75) is 25.9 Å². The molecule has 0 aliphatic carbocycles. The molecule has 2 rings (SSSR count). The van der Waals surface area contributed by atoms with Crippen molar-refractivity contribution in [3.8, 4) is 0 Å². The molecule has 0 aromatic heterocycles. The largest absolute Gasteiger partial charge is 0.304 e. The van der Waals surface area contributed by atoms with Crippen LogP contribution in [0.25, 0.3) is 0 Å². The van der Waals surface area contributed by atoms with Crippen LogP contribution in [0.3, 0.4) is 0 Å². The van der Waals surface area contributed by atoms with Crippen molar-refractivity contribution in [3.05, 3.63) is 69.7 Å². The minimum Gasteiger partial charge on any atom is -0.304 e. The topological polar surface area (TPSA) is 12.0 Å². The maximum atomic E-state index is 13.2. The van der Waals surface area contributed by atoms with Crippen LogP contribution in [0.2, 0.25) is 0 Å². The molecule has 0 spiro atoms. The highest BCUT2D eigenvalue weighted by atomic mass is 79.9. The lowest BCUT2D eigenvalue weighted by Gasteiger charge is -2.21. The Labute approximate surface area is 126 Å². The number of hydrogen-bond acceptors (Lipinski definition) is 1. The van der Waals surface area contributed by atoms with Gasteiger partial charge in [-0.1, -0.05) is 34.1 Å². The lowest BCUT2D eigenvalue weighted by Crippen LogP contribution is -2.22. The molecular formula is C16H16BrF2N. The van der Waals surface area contributed by atoms with Crippen molar-refractivity contribution in [3.63, 3.8) is 0 Å². The van der Waals surface area contributed by atoms with Crippen molar-refractivity contribution >= 4 is 15.9 Å². The summed E-state index contributed by atoms with van der Waals surface area (Å²) >= 11 is 3.40. The van der Waals surface area contributed by atoms with E-state index in [9.17, 15) is 8.78 Å². The van der Waals surface area contributed by atoms with E-state index in [1.807, 2.05) is 38.1 Å². The van der Waals surface area contributed by atoms with Gasteiger partial charge in [0.15, 0.2) is 11.6 Å². The maximum absolute atomic E-state index is 13.2. The smallest absolute Gasteiger partial charge is 0.159 e. The van der Waals surface area contributed by atoms with Gasteiger partial charge in [-0.15, -0.1) is 0 Å². The molecule has 4 heteroatoms. The van der Waals surface area contributed by atoms with Crippen molar-refractivity contribution < 1.29 is 8.78 Å². The van der Waals surface area contributed by atoms with Crippen LogP contribution in [0.4, 0.5) is 8.78 Å². The molecule has 0 bridgehead atoms. The van der Waals surface area contributed by atoms with E-state index in [4.69, 9.17) is 0 Å². The average molecular weight is 340 g/mol.